The number of nitrogens with zero attached hydrogens (tertiary/aromatic N) is 2. The molecule has 0 radical (unpaired) electrons. The predicted molar refractivity (Wildman–Crippen MR) is 159 cm³/mol. The molecule has 206 valence electrons. The SMILES string of the molecule is CCc1ccccc1N(CC(=O)N/N=C\c1ccc(OCc2ccccc2Cl)cc1)S(=O)(=O)c1ccc(C)cc1. The smallest absolute Gasteiger partial charge is 0.264 e. The fourth-order valence-electron chi connectivity index (χ4n) is 3.96. The summed E-state index contributed by atoms with van der Waals surface area (Å²) in [6.45, 7) is 3.73. The van der Waals surface area contributed by atoms with E-state index >= 15 is 0 Å². The predicted octanol–water partition coefficient (Wildman–Crippen LogP) is 6.14. The second-order valence-electron chi connectivity index (χ2n) is 9.05. The number of rotatable bonds is 11. The molecule has 9 heteroatoms. The molecule has 1 N–H and O–H groups in total. The van der Waals surface area contributed by atoms with E-state index in [2.05, 4.69) is 10.5 Å². The average Bonchev–Trinajstić information content (AvgIpc) is 2.96. The van der Waals surface area contributed by atoms with E-state index in [1.807, 2.05) is 50.2 Å². The van der Waals surface area contributed by atoms with Crippen LogP contribution in [0.5, 0.6) is 5.75 Å². The molecular weight excluding hydrogens is 546 g/mol. The quantitative estimate of drug-likeness (QED) is 0.172. The number of sulfonamides is 1. The lowest BCUT2D eigenvalue weighted by Gasteiger charge is -2.25. The topological polar surface area (TPSA) is 88.1 Å². The van der Waals surface area contributed by atoms with E-state index in [0.29, 0.717) is 29.5 Å². The maximum Gasteiger partial charge on any atom is 0.264 e. The molecule has 0 spiro atoms. The summed E-state index contributed by atoms with van der Waals surface area (Å²) in [7, 11) is -4.01. The number of hydrogen-bond donors (Lipinski definition) is 1. The number of anilines is 1. The van der Waals surface area contributed by atoms with Crippen LogP contribution in [0, 0.1) is 6.92 Å². The van der Waals surface area contributed by atoms with Gasteiger partial charge in [0.05, 0.1) is 16.8 Å². The summed E-state index contributed by atoms with van der Waals surface area (Å²) in [6, 6.07) is 28.4. The van der Waals surface area contributed by atoms with E-state index in [1.54, 1.807) is 60.7 Å². The summed E-state index contributed by atoms with van der Waals surface area (Å²) in [4.78, 5) is 13.0. The van der Waals surface area contributed by atoms with Gasteiger partial charge in [0.15, 0.2) is 0 Å². The Kier molecular flexibility index (Phi) is 9.58. The van der Waals surface area contributed by atoms with Crippen LogP contribution in [0.15, 0.2) is 107 Å². The highest BCUT2D eigenvalue weighted by Gasteiger charge is 2.28. The van der Waals surface area contributed by atoms with Gasteiger partial charge in [0.25, 0.3) is 15.9 Å². The number of carbonyl (C=O) groups excluding carboxylic acids is 1. The number of amides is 1. The van der Waals surface area contributed by atoms with Gasteiger partial charge in [0.1, 0.15) is 18.9 Å². The lowest BCUT2D eigenvalue weighted by molar-refractivity contribution is -0.119. The number of ether oxygens (including phenoxy) is 1. The van der Waals surface area contributed by atoms with Gasteiger partial charge in [-0.25, -0.2) is 13.8 Å². The Balaban J connectivity index is 1.44. The number of hydrazone groups is 1. The fraction of sp³-hybridized carbons (Fsp3) is 0.161. The van der Waals surface area contributed by atoms with Crippen molar-refractivity contribution >= 4 is 39.4 Å². The first-order valence-corrected chi connectivity index (χ1v) is 14.5. The normalized spacial score (nSPS) is 11.4. The maximum atomic E-state index is 13.6. The zero-order chi connectivity index (χ0) is 28.5. The molecule has 4 rings (SSSR count). The van der Waals surface area contributed by atoms with Crippen LogP contribution in [0.25, 0.3) is 0 Å². The van der Waals surface area contributed by atoms with Crippen molar-refractivity contribution in [3.8, 4) is 5.75 Å². The Morgan fingerprint density at radius 3 is 2.25 bits per heavy atom. The summed E-state index contributed by atoms with van der Waals surface area (Å²) < 4.78 is 34.2. The molecule has 0 atom stereocenters. The highest BCUT2D eigenvalue weighted by atomic mass is 35.5. The summed E-state index contributed by atoms with van der Waals surface area (Å²) in [5, 5.41) is 4.67. The molecular formula is C31H30ClN3O4S. The monoisotopic (exact) mass is 575 g/mol. The Morgan fingerprint density at radius 2 is 1.57 bits per heavy atom. The van der Waals surface area contributed by atoms with Gasteiger partial charge in [-0.05, 0) is 73.0 Å². The van der Waals surface area contributed by atoms with Crippen molar-refractivity contribution in [3.05, 3.63) is 124 Å². The molecule has 0 saturated carbocycles. The van der Waals surface area contributed by atoms with Gasteiger partial charge < -0.3 is 4.74 Å². The molecule has 0 bridgehead atoms. The first kappa shape index (κ1) is 28.9. The lowest BCUT2D eigenvalue weighted by Crippen LogP contribution is -2.40. The third-order valence-electron chi connectivity index (χ3n) is 6.17. The van der Waals surface area contributed by atoms with Gasteiger partial charge in [-0.1, -0.05) is 72.6 Å². The number of nitrogens with one attached hydrogen (secondary N) is 1. The lowest BCUT2D eigenvalue weighted by atomic mass is 10.1. The summed E-state index contributed by atoms with van der Waals surface area (Å²) in [5.41, 5.74) is 6.27. The molecule has 1 amide bonds. The van der Waals surface area contributed by atoms with E-state index in [9.17, 15) is 13.2 Å². The zero-order valence-corrected chi connectivity index (χ0v) is 23.8. The molecule has 0 heterocycles. The highest BCUT2D eigenvalue weighted by Crippen LogP contribution is 2.27. The van der Waals surface area contributed by atoms with Crippen molar-refractivity contribution < 1.29 is 17.9 Å². The van der Waals surface area contributed by atoms with Gasteiger partial charge in [-0.2, -0.15) is 5.10 Å². The van der Waals surface area contributed by atoms with Gasteiger partial charge in [0, 0.05) is 10.6 Å². The number of benzene rings is 4. The molecule has 0 aromatic heterocycles. The van der Waals surface area contributed by atoms with E-state index in [4.69, 9.17) is 16.3 Å². The number of carbonyl (C=O) groups is 1. The number of halogens is 1. The van der Waals surface area contributed by atoms with Crippen LogP contribution in [0.2, 0.25) is 5.02 Å². The molecule has 0 saturated heterocycles. The molecule has 0 aliphatic heterocycles. The zero-order valence-electron chi connectivity index (χ0n) is 22.2. The molecule has 40 heavy (non-hydrogen) atoms. The molecule has 0 fully saturated rings. The van der Waals surface area contributed by atoms with Crippen LogP contribution in [0.3, 0.4) is 0 Å². The first-order valence-electron chi connectivity index (χ1n) is 12.7. The van der Waals surface area contributed by atoms with Crippen molar-refractivity contribution in [2.75, 3.05) is 10.8 Å². The van der Waals surface area contributed by atoms with Crippen LogP contribution in [0.4, 0.5) is 5.69 Å². The molecule has 4 aromatic rings. The standard InChI is InChI=1S/C31H30ClN3O4S/c1-3-25-8-5-7-11-30(25)35(40(37,38)28-18-12-23(2)13-19-28)21-31(36)34-33-20-24-14-16-27(17-15-24)39-22-26-9-4-6-10-29(26)32/h4-20H,3,21-22H2,1-2H3,(H,34,36)/b33-20-. The Morgan fingerprint density at radius 1 is 0.925 bits per heavy atom. The third-order valence-corrected chi connectivity index (χ3v) is 8.32. The van der Waals surface area contributed by atoms with Crippen molar-refractivity contribution in [1.82, 2.24) is 5.43 Å². The minimum absolute atomic E-state index is 0.108. The molecule has 7 nitrogen and oxygen atoms in total. The van der Waals surface area contributed by atoms with Crippen LogP contribution >= 0.6 is 11.6 Å². The third kappa shape index (κ3) is 7.28. The second kappa shape index (κ2) is 13.3. The minimum Gasteiger partial charge on any atom is -0.489 e. The minimum atomic E-state index is -4.01. The maximum absolute atomic E-state index is 13.6. The average molecular weight is 576 g/mol. The first-order chi connectivity index (χ1) is 19.3. The van der Waals surface area contributed by atoms with Crippen LogP contribution in [0.1, 0.15) is 29.2 Å². The van der Waals surface area contributed by atoms with Crippen molar-refractivity contribution in [2.24, 2.45) is 5.10 Å². The van der Waals surface area contributed by atoms with Gasteiger partial charge >= 0.3 is 0 Å². The number of hydrogen-bond acceptors (Lipinski definition) is 5. The number of aryl methyl sites for hydroxylation is 2. The van der Waals surface area contributed by atoms with Crippen LogP contribution in [-0.2, 0) is 27.8 Å². The van der Waals surface area contributed by atoms with Crippen LogP contribution in [-0.4, -0.2) is 27.1 Å². The van der Waals surface area contributed by atoms with Crippen LogP contribution < -0.4 is 14.5 Å². The largest absolute Gasteiger partial charge is 0.489 e. The van der Waals surface area contributed by atoms with E-state index < -0.39 is 22.5 Å². The molecule has 0 unspecified atom stereocenters. The van der Waals surface area contributed by atoms with Crippen molar-refractivity contribution in [3.63, 3.8) is 0 Å². The van der Waals surface area contributed by atoms with Gasteiger partial charge in [0.2, 0.25) is 0 Å². The second-order valence-corrected chi connectivity index (χ2v) is 11.3. The molecule has 0 aliphatic carbocycles. The van der Waals surface area contributed by atoms with E-state index in [1.165, 1.54) is 6.21 Å². The Labute approximate surface area is 240 Å². The number of para-hydroxylation sites is 1. The Bertz CT molecular complexity index is 1590. The fourth-order valence-corrected chi connectivity index (χ4v) is 5.61. The van der Waals surface area contributed by atoms with Gasteiger partial charge in [-0.3, -0.25) is 9.10 Å². The molecule has 4 aromatic carbocycles. The summed E-state index contributed by atoms with van der Waals surface area (Å²) in [5.74, 6) is 0.0881. The van der Waals surface area contributed by atoms with Crippen molar-refractivity contribution in [1.29, 1.82) is 0 Å². The van der Waals surface area contributed by atoms with Crippen molar-refractivity contribution in [2.45, 2.75) is 31.8 Å². The summed E-state index contributed by atoms with van der Waals surface area (Å²) >= 11 is 6.17. The van der Waals surface area contributed by atoms with Gasteiger partial charge in [-0.15, -0.1) is 0 Å². The van der Waals surface area contributed by atoms with E-state index in [0.717, 1.165) is 26.6 Å². The summed E-state index contributed by atoms with van der Waals surface area (Å²) in [6.07, 6.45) is 2.09. The highest BCUT2D eigenvalue weighted by molar-refractivity contribution is 7.92. The Hall–Kier alpha value is -4.14. The molecule has 0 aliphatic rings. The van der Waals surface area contributed by atoms with E-state index in [-0.39, 0.29) is 4.90 Å².